The summed E-state index contributed by atoms with van der Waals surface area (Å²) in [5, 5.41) is 14.3. The zero-order valence-electron chi connectivity index (χ0n) is 16.4. The van der Waals surface area contributed by atoms with Crippen LogP contribution in [0.15, 0.2) is 36.4 Å². The monoisotopic (exact) mass is 372 g/mol. The third-order valence-corrected chi connectivity index (χ3v) is 4.60. The van der Waals surface area contributed by atoms with Gasteiger partial charge in [0.15, 0.2) is 0 Å². The van der Waals surface area contributed by atoms with Crippen molar-refractivity contribution in [3.05, 3.63) is 42.0 Å². The molecule has 146 valence electrons. The van der Waals surface area contributed by atoms with Crippen LogP contribution in [-0.2, 0) is 16.1 Å². The van der Waals surface area contributed by atoms with Gasteiger partial charge in [-0.1, -0.05) is 31.5 Å². The number of fused-ring (bicyclic) bond motifs is 1. The summed E-state index contributed by atoms with van der Waals surface area (Å²) in [7, 11) is 3.37. The smallest absolute Gasteiger partial charge is 0.320 e. The van der Waals surface area contributed by atoms with Crippen LogP contribution < -0.4 is 10.1 Å². The quantitative estimate of drug-likeness (QED) is 0.707. The average molecular weight is 372 g/mol. The Balaban J connectivity index is 2.04. The largest absolute Gasteiger partial charge is 0.497 e. The number of nitrogens with one attached hydrogen (secondary N) is 1. The summed E-state index contributed by atoms with van der Waals surface area (Å²) in [4.78, 5) is 25.5. The number of nitrogens with zero attached hydrogens (tertiary/aromatic N) is 1. The van der Waals surface area contributed by atoms with Crippen LogP contribution in [0.1, 0.15) is 32.3 Å². The zero-order valence-corrected chi connectivity index (χ0v) is 16.4. The molecule has 27 heavy (non-hydrogen) atoms. The van der Waals surface area contributed by atoms with Crippen LogP contribution in [0.5, 0.6) is 5.75 Å². The number of carbonyl (C=O) groups excluding carboxylic acids is 1. The Labute approximate surface area is 160 Å². The predicted molar refractivity (Wildman–Crippen MR) is 106 cm³/mol. The van der Waals surface area contributed by atoms with Crippen LogP contribution in [0, 0.1) is 0 Å². The number of aliphatic carboxylic acids is 1. The highest BCUT2D eigenvalue weighted by molar-refractivity contribution is 5.85. The maximum absolute atomic E-state index is 12.6. The van der Waals surface area contributed by atoms with Gasteiger partial charge in [-0.3, -0.25) is 14.9 Å². The van der Waals surface area contributed by atoms with Crippen LogP contribution in [0.2, 0.25) is 0 Å². The van der Waals surface area contributed by atoms with Gasteiger partial charge in [0, 0.05) is 13.6 Å². The molecule has 0 fully saturated rings. The van der Waals surface area contributed by atoms with Crippen molar-refractivity contribution in [3.8, 4) is 5.75 Å². The van der Waals surface area contributed by atoms with Gasteiger partial charge in [0.05, 0.1) is 13.2 Å². The molecule has 2 aromatic carbocycles. The van der Waals surface area contributed by atoms with Crippen LogP contribution in [0.3, 0.4) is 0 Å². The van der Waals surface area contributed by atoms with Gasteiger partial charge < -0.3 is 14.7 Å². The van der Waals surface area contributed by atoms with E-state index in [4.69, 9.17) is 4.74 Å². The summed E-state index contributed by atoms with van der Waals surface area (Å²) >= 11 is 0. The number of ether oxygens (including phenoxy) is 1. The van der Waals surface area contributed by atoms with Gasteiger partial charge in [0.2, 0.25) is 5.91 Å². The molecule has 0 radical (unpaired) electrons. The van der Waals surface area contributed by atoms with E-state index in [2.05, 4.69) is 5.32 Å². The highest BCUT2D eigenvalue weighted by atomic mass is 16.5. The van der Waals surface area contributed by atoms with E-state index >= 15 is 0 Å². The minimum Gasteiger partial charge on any atom is -0.497 e. The lowest BCUT2D eigenvalue weighted by Gasteiger charge is -2.25. The molecule has 0 aliphatic carbocycles. The van der Waals surface area contributed by atoms with Crippen LogP contribution in [0.4, 0.5) is 0 Å². The summed E-state index contributed by atoms with van der Waals surface area (Å²) in [6.07, 6.45) is 1.23. The normalized spacial score (nSPS) is 13.2. The van der Waals surface area contributed by atoms with Crippen molar-refractivity contribution in [1.29, 1.82) is 0 Å². The highest BCUT2D eigenvalue weighted by Gasteiger charge is 2.24. The summed E-state index contributed by atoms with van der Waals surface area (Å²) < 4.78 is 5.24. The maximum Gasteiger partial charge on any atom is 0.320 e. The van der Waals surface area contributed by atoms with E-state index in [9.17, 15) is 14.7 Å². The molecule has 1 amide bonds. The molecule has 0 bridgehead atoms. The van der Waals surface area contributed by atoms with Crippen molar-refractivity contribution in [2.24, 2.45) is 0 Å². The van der Waals surface area contributed by atoms with E-state index in [0.717, 1.165) is 28.5 Å². The predicted octanol–water partition coefficient (Wildman–Crippen LogP) is 3.04. The van der Waals surface area contributed by atoms with Gasteiger partial charge in [-0.05, 0) is 47.9 Å². The second-order valence-corrected chi connectivity index (χ2v) is 6.81. The molecule has 0 aliphatic rings. The molecule has 6 nitrogen and oxygen atoms in total. The standard InChI is InChI=1S/C21H28N2O4/c1-5-6-19(21(25)26)22-14(2)20(24)23(3)13-15-7-8-17-12-18(27-4)10-9-16(17)11-15/h7-12,14,19,22H,5-6,13H2,1-4H3,(H,25,26). The van der Waals surface area contributed by atoms with Crippen LogP contribution in [0.25, 0.3) is 10.8 Å². The molecule has 6 heteroatoms. The number of rotatable bonds is 9. The second-order valence-electron chi connectivity index (χ2n) is 6.81. The first-order valence-corrected chi connectivity index (χ1v) is 9.16. The fourth-order valence-electron chi connectivity index (χ4n) is 3.12. The number of carboxylic acid groups (broad SMARTS) is 1. The summed E-state index contributed by atoms with van der Waals surface area (Å²) in [6, 6.07) is 10.6. The first-order valence-electron chi connectivity index (χ1n) is 9.16. The molecule has 2 N–H and O–H groups in total. The minimum atomic E-state index is -0.927. The highest BCUT2D eigenvalue weighted by Crippen LogP contribution is 2.22. The number of carboxylic acids is 1. The SMILES string of the molecule is CCCC(NC(C)C(=O)N(C)Cc1ccc2cc(OC)ccc2c1)C(=O)O. The van der Waals surface area contributed by atoms with Gasteiger partial charge in [0.25, 0.3) is 0 Å². The Morgan fingerprint density at radius 3 is 2.48 bits per heavy atom. The summed E-state index contributed by atoms with van der Waals surface area (Å²) in [5.41, 5.74) is 1.01. The first kappa shape index (κ1) is 20.7. The molecular weight excluding hydrogens is 344 g/mol. The van der Waals surface area contributed by atoms with Crippen molar-refractivity contribution < 1.29 is 19.4 Å². The fourth-order valence-corrected chi connectivity index (χ4v) is 3.12. The molecule has 0 spiro atoms. The van der Waals surface area contributed by atoms with Gasteiger partial charge in [-0.15, -0.1) is 0 Å². The zero-order chi connectivity index (χ0) is 20.0. The van der Waals surface area contributed by atoms with Crippen LogP contribution in [-0.4, -0.2) is 48.1 Å². The average Bonchev–Trinajstić information content (AvgIpc) is 2.66. The molecule has 0 aliphatic heterocycles. The van der Waals surface area contributed by atoms with Crippen molar-refractivity contribution in [1.82, 2.24) is 10.2 Å². The molecule has 2 atom stereocenters. The number of carbonyl (C=O) groups is 2. The molecular formula is C21H28N2O4. The lowest BCUT2D eigenvalue weighted by Crippen LogP contribution is -2.49. The Morgan fingerprint density at radius 2 is 1.85 bits per heavy atom. The van der Waals surface area contributed by atoms with Crippen molar-refractivity contribution in [2.75, 3.05) is 14.2 Å². The van der Waals surface area contributed by atoms with E-state index in [0.29, 0.717) is 13.0 Å². The lowest BCUT2D eigenvalue weighted by molar-refractivity contribution is -0.140. The minimum absolute atomic E-state index is 0.132. The second kappa shape index (κ2) is 9.37. The third kappa shape index (κ3) is 5.44. The Bertz CT molecular complexity index is 806. The molecule has 0 aromatic heterocycles. The van der Waals surface area contributed by atoms with Gasteiger partial charge >= 0.3 is 5.97 Å². The summed E-state index contributed by atoms with van der Waals surface area (Å²) in [5.74, 6) is -0.251. The Hall–Kier alpha value is -2.60. The fraction of sp³-hybridized carbons (Fsp3) is 0.429. The van der Waals surface area contributed by atoms with E-state index in [-0.39, 0.29) is 5.91 Å². The van der Waals surface area contributed by atoms with E-state index in [1.165, 1.54) is 0 Å². The van der Waals surface area contributed by atoms with Gasteiger partial charge in [-0.2, -0.15) is 0 Å². The Kier molecular flexibility index (Phi) is 7.19. The topological polar surface area (TPSA) is 78.9 Å². The summed E-state index contributed by atoms with van der Waals surface area (Å²) in [6.45, 7) is 4.08. The van der Waals surface area contributed by atoms with Gasteiger partial charge in [-0.25, -0.2) is 0 Å². The maximum atomic E-state index is 12.6. The Morgan fingerprint density at radius 1 is 1.19 bits per heavy atom. The third-order valence-electron chi connectivity index (χ3n) is 4.60. The van der Waals surface area contributed by atoms with Crippen molar-refractivity contribution >= 4 is 22.6 Å². The number of benzene rings is 2. The van der Waals surface area contributed by atoms with E-state index < -0.39 is 18.1 Å². The first-order chi connectivity index (χ1) is 12.8. The number of likely N-dealkylation sites (N-methyl/N-ethyl adjacent to an activating group) is 1. The molecule has 2 aromatic rings. The molecule has 0 saturated carbocycles. The molecule has 2 rings (SSSR count). The van der Waals surface area contributed by atoms with Gasteiger partial charge in [0.1, 0.15) is 11.8 Å². The number of hydrogen-bond acceptors (Lipinski definition) is 4. The van der Waals surface area contributed by atoms with Crippen molar-refractivity contribution in [3.63, 3.8) is 0 Å². The van der Waals surface area contributed by atoms with Crippen LogP contribution >= 0.6 is 0 Å². The number of methoxy groups -OCH3 is 1. The van der Waals surface area contributed by atoms with Crippen molar-refractivity contribution in [2.45, 2.75) is 45.3 Å². The molecule has 0 saturated heterocycles. The van der Waals surface area contributed by atoms with E-state index in [1.807, 2.05) is 43.3 Å². The van der Waals surface area contributed by atoms with E-state index in [1.54, 1.807) is 26.0 Å². The number of hydrogen-bond donors (Lipinski definition) is 2. The molecule has 2 unspecified atom stereocenters. The molecule has 0 heterocycles. The lowest BCUT2D eigenvalue weighted by atomic mass is 10.1. The number of amides is 1.